The highest BCUT2D eigenvalue weighted by atomic mass is 35.5. The Bertz CT molecular complexity index is 1190. The highest BCUT2D eigenvalue weighted by Crippen LogP contribution is 2.34. The highest BCUT2D eigenvalue weighted by molar-refractivity contribution is 6.35. The molecule has 3 aromatic rings. The molecule has 32 heavy (non-hydrogen) atoms. The van der Waals surface area contributed by atoms with E-state index in [0.29, 0.717) is 5.56 Å². The molecule has 0 saturated heterocycles. The lowest BCUT2D eigenvalue weighted by molar-refractivity contribution is 0.0923. The number of imide groups is 1. The van der Waals surface area contributed by atoms with E-state index in [9.17, 15) is 18.8 Å². The Hall–Kier alpha value is -3.91. The zero-order chi connectivity index (χ0) is 23.6. The first-order valence-electron chi connectivity index (χ1n) is 9.41. The van der Waals surface area contributed by atoms with Crippen LogP contribution in [0.4, 0.5) is 21.5 Å². The summed E-state index contributed by atoms with van der Waals surface area (Å²) in [6.07, 6.45) is 0. The molecule has 4 rings (SSSR count). The van der Waals surface area contributed by atoms with Crippen LogP contribution in [-0.2, 0) is 0 Å². The van der Waals surface area contributed by atoms with Crippen molar-refractivity contribution in [1.29, 1.82) is 0 Å². The molecule has 1 heterocycles. The van der Waals surface area contributed by atoms with Crippen molar-refractivity contribution in [3.05, 3.63) is 88.2 Å². The molecule has 0 spiro atoms. The van der Waals surface area contributed by atoms with Gasteiger partial charge in [0.15, 0.2) is 0 Å². The number of carbonyl (C=O) groups excluding carboxylic acids is 3. The molecular weight excluding hydrogens is 435 g/mol. The number of hydrogen-bond acceptors (Lipinski definition) is 5. The molecule has 1 aliphatic rings. The first-order valence-corrected chi connectivity index (χ1v) is 9.79. The lowest BCUT2D eigenvalue weighted by atomic mass is 10.1. The van der Waals surface area contributed by atoms with Crippen molar-refractivity contribution in [2.75, 3.05) is 29.6 Å². The van der Waals surface area contributed by atoms with Gasteiger partial charge in [-0.2, -0.15) is 0 Å². The SMILES string of the molecule is CN(C)c1cccc(C(N)=O)c1.Nc1cc(N2C(=O)c3ccccc3C2=O)c(F)cc1Cl. The molecule has 164 valence electrons. The second-order valence-corrected chi connectivity index (χ2v) is 7.53. The largest absolute Gasteiger partial charge is 0.397 e. The van der Waals surface area contributed by atoms with Crippen LogP contribution < -0.4 is 21.3 Å². The molecular formula is C23H20ClFN4O3. The fraction of sp³-hybridized carbons (Fsp3) is 0.0870. The summed E-state index contributed by atoms with van der Waals surface area (Å²) in [6, 6.07) is 15.7. The minimum absolute atomic E-state index is 0.0304. The van der Waals surface area contributed by atoms with Gasteiger partial charge in [-0.05, 0) is 42.5 Å². The maximum Gasteiger partial charge on any atom is 0.266 e. The van der Waals surface area contributed by atoms with Gasteiger partial charge in [0.25, 0.3) is 11.8 Å². The van der Waals surface area contributed by atoms with Gasteiger partial charge in [0.05, 0.1) is 27.5 Å². The summed E-state index contributed by atoms with van der Waals surface area (Å²) in [6.45, 7) is 0. The average Bonchev–Trinajstić information content (AvgIpc) is 3.02. The quantitative estimate of drug-likeness (QED) is 0.463. The van der Waals surface area contributed by atoms with E-state index in [0.717, 1.165) is 16.7 Å². The summed E-state index contributed by atoms with van der Waals surface area (Å²) in [7, 11) is 3.83. The van der Waals surface area contributed by atoms with Crippen LogP contribution in [0.3, 0.4) is 0 Å². The number of primary amides is 1. The number of hydrogen-bond donors (Lipinski definition) is 2. The molecule has 3 aromatic carbocycles. The van der Waals surface area contributed by atoms with Crippen LogP contribution in [0.5, 0.6) is 0 Å². The van der Waals surface area contributed by atoms with Crippen molar-refractivity contribution in [1.82, 2.24) is 0 Å². The maximum atomic E-state index is 14.0. The van der Waals surface area contributed by atoms with Crippen molar-refractivity contribution in [3.63, 3.8) is 0 Å². The van der Waals surface area contributed by atoms with Crippen molar-refractivity contribution < 1.29 is 18.8 Å². The van der Waals surface area contributed by atoms with Gasteiger partial charge in [-0.25, -0.2) is 9.29 Å². The summed E-state index contributed by atoms with van der Waals surface area (Å²) in [5.41, 5.74) is 12.6. The summed E-state index contributed by atoms with van der Waals surface area (Å²) >= 11 is 5.70. The summed E-state index contributed by atoms with van der Waals surface area (Å²) < 4.78 is 14.0. The van der Waals surface area contributed by atoms with Crippen LogP contribution in [0, 0.1) is 5.82 Å². The minimum atomic E-state index is -0.779. The van der Waals surface area contributed by atoms with E-state index < -0.39 is 23.5 Å². The van der Waals surface area contributed by atoms with Gasteiger partial charge in [0, 0.05) is 25.3 Å². The van der Waals surface area contributed by atoms with E-state index in [1.54, 1.807) is 24.3 Å². The van der Waals surface area contributed by atoms with Gasteiger partial charge in [-0.15, -0.1) is 0 Å². The Labute approximate surface area is 189 Å². The fourth-order valence-electron chi connectivity index (χ4n) is 3.07. The van der Waals surface area contributed by atoms with E-state index in [-0.39, 0.29) is 27.5 Å². The number of amides is 3. The molecule has 0 unspecified atom stereocenters. The first-order chi connectivity index (χ1) is 15.1. The number of rotatable bonds is 3. The maximum absolute atomic E-state index is 14.0. The molecule has 0 atom stereocenters. The minimum Gasteiger partial charge on any atom is -0.397 e. The van der Waals surface area contributed by atoms with Gasteiger partial charge in [-0.3, -0.25) is 14.4 Å². The number of halogens is 2. The third kappa shape index (κ3) is 4.40. The van der Waals surface area contributed by atoms with E-state index in [1.165, 1.54) is 18.2 Å². The monoisotopic (exact) mass is 454 g/mol. The third-order valence-corrected chi connectivity index (χ3v) is 5.08. The number of nitrogens with two attached hydrogens (primary N) is 2. The Balaban J connectivity index is 0.000000207. The van der Waals surface area contributed by atoms with Gasteiger partial charge in [0.2, 0.25) is 5.91 Å². The highest BCUT2D eigenvalue weighted by Gasteiger charge is 2.37. The first kappa shape index (κ1) is 22.8. The van der Waals surface area contributed by atoms with E-state index in [4.69, 9.17) is 23.1 Å². The number of benzene rings is 3. The second kappa shape index (κ2) is 9.07. The molecule has 7 nitrogen and oxygen atoms in total. The third-order valence-electron chi connectivity index (χ3n) is 4.75. The Morgan fingerprint density at radius 2 is 1.56 bits per heavy atom. The molecule has 0 radical (unpaired) electrons. The zero-order valence-corrected chi connectivity index (χ0v) is 18.1. The lowest BCUT2D eigenvalue weighted by Gasteiger charge is -2.15. The molecule has 1 aliphatic heterocycles. The topological polar surface area (TPSA) is 110 Å². The summed E-state index contributed by atoms with van der Waals surface area (Å²) in [4.78, 5) is 37.9. The van der Waals surface area contributed by atoms with Crippen LogP contribution in [-0.4, -0.2) is 31.8 Å². The predicted octanol–water partition coefficient (Wildman–Crippen LogP) is 3.71. The normalized spacial score (nSPS) is 12.2. The molecule has 0 bridgehead atoms. The van der Waals surface area contributed by atoms with Crippen LogP contribution in [0.15, 0.2) is 60.7 Å². The lowest BCUT2D eigenvalue weighted by Crippen LogP contribution is -2.30. The molecule has 0 aliphatic carbocycles. The molecule has 9 heteroatoms. The number of nitrogens with zero attached hydrogens (tertiary/aromatic N) is 2. The van der Waals surface area contributed by atoms with Crippen LogP contribution >= 0.6 is 11.6 Å². The van der Waals surface area contributed by atoms with Crippen LogP contribution in [0.1, 0.15) is 31.1 Å². The number of nitrogen functional groups attached to an aromatic ring is 1. The second-order valence-electron chi connectivity index (χ2n) is 7.13. The van der Waals surface area contributed by atoms with Crippen LogP contribution in [0.25, 0.3) is 0 Å². The van der Waals surface area contributed by atoms with E-state index >= 15 is 0 Å². The molecule has 3 amide bonds. The molecule has 0 aromatic heterocycles. The van der Waals surface area contributed by atoms with Crippen molar-refractivity contribution in [2.45, 2.75) is 0 Å². The molecule has 0 saturated carbocycles. The Morgan fingerprint density at radius 3 is 2.09 bits per heavy atom. The smallest absolute Gasteiger partial charge is 0.266 e. The van der Waals surface area contributed by atoms with Gasteiger partial charge < -0.3 is 16.4 Å². The van der Waals surface area contributed by atoms with Gasteiger partial charge >= 0.3 is 0 Å². The average molecular weight is 455 g/mol. The van der Waals surface area contributed by atoms with Gasteiger partial charge in [0.1, 0.15) is 5.82 Å². The number of anilines is 3. The van der Waals surface area contributed by atoms with Crippen molar-refractivity contribution >= 4 is 46.4 Å². The van der Waals surface area contributed by atoms with E-state index in [1.807, 2.05) is 31.1 Å². The molecule has 0 fully saturated rings. The van der Waals surface area contributed by atoms with Crippen molar-refractivity contribution in [3.8, 4) is 0 Å². The van der Waals surface area contributed by atoms with Gasteiger partial charge in [-0.1, -0.05) is 29.8 Å². The fourth-order valence-corrected chi connectivity index (χ4v) is 3.22. The number of fused-ring (bicyclic) bond motifs is 1. The van der Waals surface area contributed by atoms with E-state index in [2.05, 4.69) is 0 Å². The molecule has 4 N–H and O–H groups in total. The predicted molar refractivity (Wildman–Crippen MR) is 123 cm³/mol. The summed E-state index contributed by atoms with van der Waals surface area (Å²) in [5, 5.41) is 0.0304. The Kier molecular flexibility index (Phi) is 6.45. The standard InChI is InChI=1S/C14H8ClFN2O2.C9H12N2O/c15-9-5-10(16)12(6-11(9)17)18-13(19)7-3-1-2-4-8(7)14(18)20;1-11(2)8-5-3-4-7(6-8)9(10)12/h1-6H,17H2;3-6H,1-2H3,(H2,10,12). The zero-order valence-electron chi connectivity index (χ0n) is 17.3. The van der Waals surface area contributed by atoms with Crippen molar-refractivity contribution in [2.24, 2.45) is 5.73 Å². The summed E-state index contributed by atoms with van der Waals surface area (Å²) in [5.74, 6) is -2.32. The van der Waals surface area contributed by atoms with Crippen LogP contribution in [0.2, 0.25) is 5.02 Å². The number of carbonyl (C=O) groups is 3. The Morgan fingerprint density at radius 1 is 0.969 bits per heavy atom.